The van der Waals surface area contributed by atoms with Crippen LogP contribution in [-0.4, -0.2) is 30.5 Å². The van der Waals surface area contributed by atoms with Crippen LogP contribution in [0.5, 0.6) is 5.75 Å². The van der Waals surface area contributed by atoms with Gasteiger partial charge in [0.2, 0.25) is 0 Å². The largest absolute Gasteiger partial charge is 0.497 e. The summed E-state index contributed by atoms with van der Waals surface area (Å²) in [6.07, 6.45) is 1.89. The topological polar surface area (TPSA) is 42.4 Å². The highest BCUT2D eigenvalue weighted by Gasteiger charge is 2.33. The number of rotatable bonds is 4. The van der Waals surface area contributed by atoms with Crippen molar-refractivity contribution in [3.63, 3.8) is 0 Å². The molecule has 0 spiro atoms. The summed E-state index contributed by atoms with van der Waals surface area (Å²) in [5, 5.41) is 0.945. The second-order valence-corrected chi connectivity index (χ2v) is 6.92. The third kappa shape index (κ3) is 2.65. The zero-order valence-corrected chi connectivity index (χ0v) is 14.3. The molecule has 5 heteroatoms. The number of ketones is 1. The summed E-state index contributed by atoms with van der Waals surface area (Å²) in [5.74, 6) is 0.926. The van der Waals surface area contributed by atoms with Crippen molar-refractivity contribution in [1.82, 2.24) is 4.98 Å². The predicted octanol–water partition coefficient (Wildman–Crippen LogP) is 4.16. The number of thiazole rings is 1. The van der Waals surface area contributed by atoms with Gasteiger partial charge in [-0.1, -0.05) is 23.5 Å². The lowest BCUT2D eigenvalue weighted by Gasteiger charge is -2.22. The molecule has 0 bridgehead atoms. The molecule has 1 aliphatic heterocycles. The van der Waals surface area contributed by atoms with Crippen molar-refractivity contribution in [2.75, 3.05) is 18.6 Å². The number of hydrogen-bond acceptors (Lipinski definition) is 5. The maximum absolute atomic E-state index is 12.9. The first-order valence-electron chi connectivity index (χ1n) is 8.07. The van der Waals surface area contributed by atoms with Crippen LogP contribution in [0.3, 0.4) is 0 Å². The number of para-hydroxylation sites is 1. The highest BCUT2D eigenvalue weighted by atomic mass is 32.1. The Bertz CT molecular complexity index is 839. The summed E-state index contributed by atoms with van der Waals surface area (Å²) in [6, 6.07) is 15.3. The van der Waals surface area contributed by atoms with Gasteiger partial charge in [-0.25, -0.2) is 4.98 Å². The summed E-state index contributed by atoms with van der Waals surface area (Å²) < 4.78 is 6.33. The Hall–Kier alpha value is -2.40. The lowest BCUT2D eigenvalue weighted by Crippen LogP contribution is -2.36. The van der Waals surface area contributed by atoms with Crippen molar-refractivity contribution in [3.8, 4) is 5.75 Å². The van der Waals surface area contributed by atoms with Crippen LogP contribution < -0.4 is 9.64 Å². The average Bonchev–Trinajstić information content (AvgIpc) is 3.27. The lowest BCUT2D eigenvalue weighted by molar-refractivity contribution is 0.0962. The first-order chi connectivity index (χ1) is 11.8. The number of ether oxygens (including phenoxy) is 1. The zero-order valence-electron chi connectivity index (χ0n) is 13.4. The Labute approximate surface area is 144 Å². The van der Waals surface area contributed by atoms with Gasteiger partial charge in [0.05, 0.1) is 23.4 Å². The highest BCUT2D eigenvalue weighted by Crippen LogP contribution is 2.34. The summed E-state index contributed by atoms with van der Waals surface area (Å²) in [5.41, 5.74) is 1.73. The van der Waals surface area contributed by atoms with E-state index in [1.165, 1.54) is 0 Å². The minimum absolute atomic E-state index is 0.126. The first-order valence-corrected chi connectivity index (χ1v) is 8.88. The monoisotopic (exact) mass is 338 g/mol. The van der Waals surface area contributed by atoms with Crippen molar-refractivity contribution in [2.24, 2.45) is 0 Å². The summed E-state index contributed by atoms with van der Waals surface area (Å²) in [6.45, 7) is 0.881. The van der Waals surface area contributed by atoms with E-state index in [4.69, 9.17) is 9.72 Å². The molecular formula is C19H18N2O2S. The molecule has 122 valence electrons. The van der Waals surface area contributed by atoms with Crippen LogP contribution in [0.25, 0.3) is 10.2 Å². The molecule has 0 N–H and O–H groups in total. The van der Waals surface area contributed by atoms with Crippen molar-refractivity contribution < 1.29 is 9.53 Å². The van der Waals surface area contributed by atoms with Crippen LogP contribution in [0.15, 0.2) is 48.5 Å². The maximum atomic E-state index is 12.9. The van der Waals surface area contributed by atoms with Gasteiger partial charge in [0.15, 0.2) is 10.9 Å². The van der Waals surface area contributed by atoms with E-state index in [0.717, 1.165) is 46.0 Å². The number of anilines is 1. The minimum Gasteiger partial charge on any atom is -0.497 e. The lowest BCUT2D eigenvalue weighted by atomic mass is 10.0. The van der Waals surface area contributed by atoms with Gasteiger partial charge in [-0.3, -0.25) is 4.79 Å². The molecule has 0 aliphatic carbocycles. The van der Waals surface area contributed by atoms with Crippen LogP contribution in [0.2, 0.25) is 0 Å². The van der Waals surface area contributed by atoms with Gasteiger partial charge in [-0.05, 0) is 49.2 Å². The van der Waals surface area contributed by atoms with Crippen LogP contribution >= 0.6 is 11.3 Å². The molecular weight excluding hydrogens is 320 g/mol. The Morgan fingerprint density at radius 2 is 2.00 bits per heavy atom. The van der Waals surface area contributed by atoms with E-state index in [1.54, 1.807) is 18.4 Å². The van der Waals surface area contributed by atoms with Gasteiger partial charge in [-0.15, -0.1) is 0 Å². The smallest absolute Gasteiger partial charge is 0.187 e. The Kier molecular flexibility index (Phi) is 3.94. The molecule has 2 heterocycles. The van der Waals surface area contributed by atoms with E-state index >= 15 is 0 Å². The molecule has 3 aromatic rings. The number of aromatic nitrogens is 1. The standard InChI is InChI=1S/C19H18N2O2S/c1-23-14-10-8-13(9-11-14)18(22)16-6-4-12-21(16)19-20-15-5-2-3-7-17(15)24-19/h2-3,5,7-11,16H,4,6,12H2,1H3. The number of methoxy groups -OCH3 is 1. The molecule has 2 aromatic carbocycles. The number of benzene rings is 2. The Morgan fingerprint density at radius 3 is 2.75 bits per heavy atom. The van der Waals surface area contributed by atoms with Gasteiger partial charge in [0, 0.05) is 12.1 Å². The summed E-state index contributed by atoms with van der Waals surface area (Å²) in [7, 11) is 1.63. The van der Waals surface area contributed by atoms with Gasteiger partial charge < -0.3 is 9.64 Å². The normalized spacial score (nSPS) is 17.4. The quantitative estimate of drug-likeness (QED) is 0.670. The number of Topliss-reactive ketones (excluding diaryl/α,β-unsaturated/α-hetero) is 1. The molecule has 1 fully saturated rings. The summed E-state index contributed by atoms with van der Waals surface area (Å²) in [4.78, 5) is 19.8. The number of nitrogens with zero attached hydrogens (tertiary/aromatic N) is 2. The van der Waals surface area contributed by atoms with E-state index in [2.05, 4.69) is 11.0 Å². The van der Waals surface area contributed by atoms with Gasteiger partial charge in [0.25, 0.3) is 0 Å². The Balaban J connectivity index is 1.62. The summed E-state index contributed by atoms with van der Waals surface area (Å²) >= 11 is 1.66. The number of fused-ring (bicyclic) bond motifs is 1. The number of hydrogen-bond donors (Lipinski definition) is 0. The van der Waals surface area contributed by atoms with Crippen molar-refractivity contribution in [2.45, 2.75) is 18.9 Å². The van der Waals surface area contributed by atoms with Crippen molar-refractivity contribution >= 4 is 32.5 Å². The number of carbonyl (C=O) groups excluding carboxylic acids is 1. The molecule has 1 atom stereocenters. The van der Waals surface area contributed by atoms with Crippen molar-refractivity contribution in [1.29, 1.82) is 0 Å². The maximum Gasteiger partial charge on any atom is 0.187 e. The molecule has 0 radical (unpaired) electrons. The molecule has 1 aromatic heterocycles. The SMILES string of the molecule is COc1ccc(C(=O)C2CCCN2c2nc3ccccc3s2)cc1. The van der Waals surface area contributed by atoms with E-state index in [-0.39, 0.29) is 11.8 Å². The van der Waals surface area contributed by atoms with E-state index in [1.807, 2.05) is 42.5 Å². The highest BCUT2D eigenvalue weighted by molar-refractivity contribution is 7.22. The molecule has 1 saturated heterocycles. The van der Waals surface area contributed by atoms with E-state index in [0.29, 0.717) is 0 Å². The molecule has 0 amide bonds. The fraction of sp³-hybridized carbons (Fsp3) is 0.263. The zero-order chi connectivity index (χ0) is 16.5. The molecule has 0 saturated carbocycles. The average molecular weight is 338 g/mol. The first kappa shape index (κ1) is 15.1. The number of carbonyl (C=O) groups is 1. The molecule has 1 aliphatic rings. The predicted molar refractivity (Wildman–Crippen MR) is 97.3 cm³/mol. The fourth-order valence-corrected chi connectivity index (χ4v) is 4.24. The molecule has 4 nitrogen and oxygen atoms in total. The van der Waals surface area contributed by atoms with E-state index < -0.39 is 0 Å². The van der Waals surface area contributed by atoms with Crippen LogP contribution in [0.4, 0.5) is 5.13 Å². The van der Waals surface area contributed by atoms with E-state index in [9.17, 15) is 4.79 Å². The third-order valence-corrected chi connectivity index (χ3v) is 5.53. The van der Waals surface area contributed by atoms with Crippen LogP contribution in [-0.2, 0) is 0 Å². The molecule has 24 heavy (non-hydrogen) atoms. The van der Waals surface area contributed by atoms with Gasteiger partial charge >= 0.3 is 0 Å². The fourth-order valence-electron chi connectivity index (χ4n) is 3.20. The third-order valence-electron chi connectivity index (χ3n) is 4.46. The van der Waals surface area contributed by atoms with Crippen molar-refractivity contribution in [3.05, 3.63) is 54.1 Å². The molecule has 1 unspecified atom stereocenters. The minimum atomic E-state index is -0.126. The van der Waals surface area contributed by atoms with Crippen LogP contribution in [0, 0.1) is 0 Å². The van der Waals surface area contributed by atoms with Gasteiger partial charge in [-0.2, -0.15) is 0 Å². The van der Waals surface area contributed by atoms with Crippen LogP contribution in [0.1, 0.15) is 23.2 Å². The van der Waals surface area contributed by atoms with Gasteiger partial charge in [0.1, 0.15) is 5.75 Å². The second-order valence-electron chi connectivity index (χ2n) is 5.91. The molecule has 4 rings (SSSR count). The Morgan fingerprint density at radius 1 is 1.21 bits per heavy atom. The second kappa shape index (κ2) is 6.24.